The number of carbonyl (C=O) groups is 3. The van der Waals surface area contributed by atoms with Gasteiger partial charge in [-0.15, -0.1) is 0 Å². The van der Waals surface area contributed by atoms with Crippen LogP contribution in [0.15, 0.2) is 42.5 Å². The molecule has 3 heterocycles. The molecule has 11 heteroatoms. The van der Waals surface area contributed by atoms with E-state index in [4.69, 9.17) is 4.74 Å². The normalized spacial score (nSPS) is 20.7. The Hall–Kier alpha value is -3.95. The van der Waals surface area contributed by atoms with Gasteiger partial charge in [0.05, 0.1) is 7.11 Å². The number of fused-ring (bicyclic) bond motifs is 1. The molecule has 1 unspecified atom stereocenters. The van der Waals surface area contributed by atoms with Crippen LogP contribution >= 0.6 is 0 Å². The molecule has 0 bridgehead atoms. The van der Waals surface area contributed by atoms with Crippen molar-refractivity contribution in [2.75, 3.05) is 47.4 Å². The largest absolute Gasteiger partial charge is 0.497 e. The number of urea groups is 1. The van der Waals surface area contributed by atoms with Crippen LogP contribution in [-0.2, 0) is 11.3 Å². The second-order valence-electron chi connectivity index (χ2n) is 11.8. The van der Waals surface area contributed by atoms with Crippen molar-refractivity contribution in [3.8, 4) is 17.6 Å². The fraction of sp³-hybridized carbons (Fsp3) is 0.514. The minimum Gasteiger partial charge on any atom is -0.497 e. The second kappa shape index (κ2) is 16.6. The Morgan fingerprint density at radius 3 is 2.24 bits per heavy atom. The lowest BCUT2D eigenvalue weighted by Gasteiger charge is -2.44. The van der Waals surface area contributed by atoms with Gasteiger partial charge < -0.3 is 20.2 Å². The molecule has 2 aromatic rings. The average molecular weight is 633 g/mol. The molecular formula is C35H48N6O5. The van der Waals surface area contributed by atoms with Crippen LogP contribution in [0.25, 0.3) is 0 Å². The number of amides is 4. The van der Waals surface area contributed by atoms with Crippen molar-refractivity contribution >= 4 is 17.8 Å². The second-order valence-corrected chi connectivity index (χ2v) is 11.8. The third-order valence-corrected chi connectivity index (χ3v) is 8.79. The predicted molar refractivity (Wildman–Crippen MR) is 176 cm³/mol. The molecule has 0 aromatic heterocycles. The van der Waals surface area contributed by atoms with Crippen molar-refractivity contribution in [2.24, 2.45) is 0 Å². The Labute approximate surface area is 272 Å². The number of nitrogens with one attached hydrogen (secondary N) is 2. The third kappa shape index (κ3) is 8.65. The van der Waals surface area contributed by atoms with E-state index < -0.39 is 18.0 Å². The van der Waals surface area contributed by atoms with Crippen LogP contribution in [0.5, 0.6) is 5.75 Å². The van der Waals surface area contributed by atoms with E-state index >= 15 is 0 Å². The van der Waals surface area contributed by atoms with E-state index in [9.17, 15) is 19.6 Å². The van der Waals surface area contributed by atoms with Gasteiger partial charge in [0.2, 0.25) is 0 Å². The molecule has 4 amide bonds. The molecule has 3 N–H and O–H groups in total. The third-order valence-electron chi connectivity index (χ3n) is 8.79. The lowest BCUT2D eigenvalue weighted by Crippen LogP contribution is -2.53. The molecular weight excluding hydrogens is 584 g/mol. The van der Waals surface area contributed by atoms with Gasteiger partial charge >= 0.3 is 6.03 Å². The molecule has 2 atom stereocenters. The zero-order valence-electron chi connectivity index (χ0n) is 27.7. The summed E-state index contributed by atoms with van der Waals surface area (Å²) < 4.78 is 5.05. The highest BCUT2D eigenvalue weighted by molar-refractivity contribution is 6.05. The topological polar surface area (TPSA) is 118 Å². The number of hydroxylamine groups is 2. The van der Waals surface area contributed by atoms with E-state index in [1.165, 1.54) is 37.2 Å². The molecule has 6 rings (SSSR count). The molecule has 46 heavy (non-hydrogen) atoms. The number of methoxy groups -OCH3 is 1. The molecule has 2 aromatic carbocycles. The highest BCUT2D eigenvalue weighted by atomic mass is 16.5. The standard InChI is InChI=1S/C23H31N5O3.C10H11NO2.C2H6/c1-26(31)22(28-15-13-27(14-16-28)19-5-3-2-4-6-19)18-10-7-17(8-11-18)9-12-20-21(29)25-23(30)24-20;1-11-6-7-3-4-8(13-2)5-9(7)10(11)12;1-2/h7-8,10-11,19-20,22,31H,2-6,13-16H2,1H3,(H2,24,25,29,30);3-5H,6H2,1-2H3;1-2H3/t20-,22?;;/m0../s1. The minimum absolute atomic E-state index is 0.0777. The molecule has 4 aliphatic rings. The van der Waals surface area contributed by atoms with Crippen LogP contribution in [0.2, 0.25) is 0 Å². The summed E-state index contributed by atoms with van der Waals surface area (Å²) in [5.74, 6) is 6.10. The Kier molecular flexibility index (Phi) is 12.6. The Balaban J connectivity index is 0.000000266. The smallest absolute Gasteiger partial charge is 0.322 e. The Morgan fingerprint density at radius 2 is 1.65 bits per heavy atom. The number of rotatable bonds is 5. The first kappa shape index (κ1) is 34.9. The maximum Gasteiger partial charge on any atom is 0.322 e. The van der Waals surface area contributed by atoms with E-state index in [2.05, 4.69) is 32.3 Å². The molecule has 3 aliphatic heterocycles. The Bertz CT molecular complexity index is 1400. The lowest BCUT2D eigenvalue weighted by atomic mass is 9.93. The maximum absolute atomic E-state index is 11.6. The summed E-state index contributed by atoms with van der Waals surface area (Å²) in [6.07, 6.45) is 6.49. The van der Waals surface area contributed by atoms with Crippen molar-refractivity contribution in [3.05, 3.63) is 64.7 Å². The van der Waals surface area contributed by atoms with Gasteiger partial charge in [0, 0.05) is 64.0 Å². The van der Waals surface area contributed by atoms with Gasteiger partial charge in [0.1, 0.15) is 11.9 Å². The first-order valence-electron chi connectivity index (χ1n) is 16.3. The van der Waals surface area contributed by atoms with Gasteiger partial charge in [-0.25, -0.2) is 4.79 Å². The number of hydrogen-bond acceptors (Lipinski definition) is 8. The fourth-order valence-corrected chi connectivity index (χ4v) is 6.42. The first-order chi connectivity index (χ1) is 22.2. The van der Waals surface area contributed by atoms with E-state index in [-0.39, 0.29) is 12.1 Å². The van der Waals surface area contributed by atoms with E-state index in [1.54, 1.807) is 32.2 Å². The van der Waals surface area contributed by atoms with Crippen LogP contribution in [0.4, 0.5) is 4.79 Å². The zero-order valence-corrected chi connectivity index (χ0v) is 27.7. The van der Waals surface area contributed by atoms with Gasteiger partial charge in [0.25, 0.3) is 11.8 Å². The van der Waals surface area contributed by atoms with Crippen molar-refractivity contribution in [1.82, 2.24) is 30.4 Å². The molecule has 1 aliphatic carbocycles. The highest BCUT2D eigenvalue weighted by Crippen LogP contribution is 2.28. The molecule has 11 nitrogen and oxygen atoms in total. The summed E-state index contributed by atoms with van der Waals surface area (Å²) in [5, 5.41) is 16.3. The SMILES string of the molecule is CC.CN(O)C(c1ccc(C#C[C@@H]2NC(=O)NC2=O)cc1)N1CCN(C2CCCCC2)CC1.COc1ccc2c(c1)C(=O)N(C)C2. The van der Waals surface area contributed by atoms with Crippen LogP contribution in [-0.4, -0.2) is 102 Å². The first-order valence-corrected chi connectivity index (χ1v) is 16.3. The number of benzene rings is 2. The summed E-state index contributed by atoms with van der Waals surface area (Å²) >= 11 is 0. The monoisotopic (exact) mass is 632 g/mol. The molecule has 2 saturated heterocycles. The highest BCUT2D eigenvalue weighted by Gasteiger charge is 2.31. The molecule has 1 saturated carbocycles. The summed E-state index contributed by atoms with van der Waals surface area (Å²) in [7, 11) is 5.09. The average Bonchev–Trinajstić information content (AvgIpc) is 3.56. The van der Waals surface area contributed by atoms with Crippen molar-refractivity contribution < 1.29 is 24.3 Å². The lowest BCUT2D eigenvalue weighted by molar-refractivity contribution is -0.162. The predicted octanol–water partition coefficient (Wildman–Crippen LogP) is 3.82. The van der Waals surface area contributed by atoms with Crippen molar-refractivity contribution in [3.63, 3.8) is 0 Å². The van der Waals surface area contributed by atoms with E-state index in [0.717, 1.165) is 60.2 Å². The number of ether oxygens (including phenoxy) is 1. The number of carbonyl (C=O) groups excluding carboxylic acids is 3. The Morgan fingerprint density at radius 1 is 0.978 bits per heavy atom. The zero-order chi connectivity index (χ0) is 33.2. The fourth-order valence-electron chi connectivity index (χ4n) is 6.42. The van der Waals surface area contributed by atoms with Gasteiger partial charge in [-0.05, 0) is 48.2 Å². The van der Waals surface area contributed by atoms with Crippen molar-refractivity contribution in [2.45, 2.75) is 70.7 Å². The molecule has 0 spiro atoms. The summed E-state index contributed by atoms with van der Waals surface area (Å²) in [6, 6.07) is 12.7. The summed E-state index contributed by atoms with van der Waals surface area (Å²) in [4.78, 5) is 40.9. The quantitative estimate of drug-likeness (QED) is 0.259. The van der Waals surface area contributed by atoms with Crippen LogP contribution in [0.1, 0.15) is 79.2 Å². The number of piperazine rings is 1. The van der Waals surface area contributed by atoms with Crippen LogP contribution in [0, 0.1) is 11.8 Å². The maximum atomic E-state index is 11.6. The molecule has 3 fully saturated rings. The summed E-state index contributed by atoms with van der Waals surface area (Å²) in [6.45, 7) is 8.62. The van der Waals surface area contributed by atoms with Gasteiger partial charge in [-0.1, -0.05) is 63.1 Å². The van der Waals surface area contributed by atoms with E-state index in [1.807, 2.05) is 50.2 Å². The van der Waals surface area contributed by atoms with Crippen LogP contribution < -0.4 is 15.4 Å². The van der Waals surface area contributed by atoms with Crippen molar-refractivity contribution in [1.29, 1.82) is 0 Å². The summed E-state index contributed by atoms with van der Waals surface area (Å²) in [5.41, 5.74) is 3.59. The van der Waals surface area contributed by atoms with E-state index in [0.29, 0.717) is 6.54 Å². The van der Waals surface area contributed by atoms with Gasteiger partial charge in [0.15, 0.2) is 6.04 Å². The number of imide groups is 1. The minimum atomic E-state index is -0.816. The molecule has 248 valence electrons. The molecule has 0 radical (unpaired) electrons. The number of nitrogens with zero attached hydrogens (tertiary/aromatic N) is 4. The van der Waals surface area contributed by atoms with Gasteiger partial charge in [-0.2, -0.15) is 5.06 Å². The number of hydrogen-bond donors (Lipinski definition) is 3. The van der Waals surface area contributed by atoms with Crippen LogP contribution in [0.3, 0.4) is 0 Å². The van der Waals surface area contributed by atoms with Gasteiger partial charge in [-0.3, -0.25) is 24.7 Å².